The monoisotopic (exact) mass is 295 g/mol. The summed E-state index contributed by atoms with van der Waals surface area (Å²) < 4.78 is 11.0. The second-order valence-electron chi connectivity index (χ2n) is 4.75. The molecule has 0 aliphatic heterocycles. The van der Waals surface area contributed by atoms with Crippen molar-refractivity contribution in [3.63, 3.8) is 0 Å². The second-order valence-corrected chi connectivity index (χ2v) is 4.75. The number of rotatable bonds is 12. The highest BCUT2D eigenvalue weighted by molar-refractivity contribution is 5.87. The highest BCUT2D eigenvalue weighted by atomic mass is 16.5. The summed E-state index contributed by atoms with van der Waals surface area (Å²) in [7, 11) is 0. The first kappa shape index (κ1) is 17.5. The van der Waals surface area contributed by atoms with Crippen LogP contribution in [0.15, 0.2) is 24.3 Å². The molecule has 0 radical (unpaired) electrons. The second kappa shape index (κ2) is 11.1. The summed E-state index contributed by atoms with van der Waals surface area (Å²) in [4.78, 5) is 10.7. The topological polar surface area (TPSA) is 67.8 Å². The maximum Gasteiger partial charge on any atom is 0.335 e. The van der Waals surface area contributed by atoms with Gasteiger partial charge in [-0.25, -0.2) is 4.79 Å². The molecule has 0 atom stereocenters. The molecule has 21 heavy (non-hydrogen) atoms. The molecule has 0 aromatic heterocycles. The summed E-state index contributed by atoms with van der Waals surface area (Å²) in [6.07, 6.45) is 3.29. The van der Waals surface area contributed by atoms with Gasteiger partial charge in [0.2, 0.25) is 0 Å². The molecule has 5 nitrogen and oxygen atoms in total. The zero-order chi connectivity index (χ0) is 15.3. The lowest BCUT2D eigenvalue weighted by atomic mass is 10.2. The molecular weight excluding hydrogens is 270 g/mol. The predicted octanol–water partition coefficient (Wildman–Crippen LogP) is 2.56. The summed E-state index contributed by atoms with van der Waals surface area (Å²) >= 11 is 0. The minimum atomic E-state index is -0.927. The standard InChI is InChI=1S/C16H25NO4/c1-2-3-11-20-12-4-9-17-10-13-21-15-7-5-14(6-8-15)16(18)19/h5-8,17H,2-4,9-13H2,1H3,(H,18,19). The largest absolute Gasteiger partial charge is 0.492 e. The van der Waals surface area contributed by atoms with Crippen LogP contribution >= 0.6 is 0 Å². The number of nitrogens with one attached hydrogen (secondary N) is 1. The number of hydrogen-bond donors (Lipinski definition) is 2. The number of hydrogen-bond acceptors (Lipinski definition) is 4. The van der Waals surface area contributed by atoms with Crippen LogP contribution in [-0.2, 0) is 4.74 Å². The molecule has 2 N–H and O–H groups in total. The zero-order valence-corrected chi connectivity index (χ0v) is 12.6. The summed E-state index contributed by atoms with van der Waals surface area (Å²) in [6.45, 7) is 6.03. The average molecular weight is 295 g/mol. The van der Waals surface area contributed by atoms with Crippen molar-refractivity contribution in [3.05, 3.63) is 29.8 Å². The van der Waals surface area contributed by atoms with Gasteiger partial charge in [-0.1, -0.05) is 13.3 Å². The van der Waals surface area contributed by atoms with E-state index in [1.54, 1.807) is 24.3 Å². The number of carbonyl (C=O) groups is 1. The quantitative estimate of drug-likeness (QED) is 0.580. The first-order valence-electron chi connectivity index (χ1n) is 7.48. The van der Waals surface area contributed by atoms with E-state index in [4.69, 9.17) is 14.6 Å². The molecule has 0 amide bonds. The Balaban J connectivity index is 1.98. The van der Waals surface area contributed by atoms with Gasteiger partial charge in [0.1, 0.15) is 12.4 Å². The molecule has 0 aliphatic rings. The Labute approximate surface area is 126 Å². The molecule has 118 valence electrons. The Morgan fingerprint density at radius 1 is 1.10 bits per heavy atom. The first-order chi connectivity index (χ1) is 10.2. The fourth-order valence-corrected chi connectivity index (χ4v) is 1.71. The molecule has 0 heterocycles. The highest BCUT2D eigenvalue weighted by Gasteiger charge is 2.01. The van der Waals surface area contributed by atoms with Crippen molar-refractivity contribution in [1.29, 1.82) is 0 Å². The minimum Gasteiger partial charge on any atom is -0.492 e. The van der Waals surface area contributed by atoms with Crippen molar-refractivity contribution in [2.24, 2.45) is 0 Å². The normalized spacial score (nSPS) is 10.5. The summed E-state index contributed by atoms with van der Waals surface area (Å²) in [5.74, 6) is -0.242. The fourth-order valence-electron chi connectivity index (χ4n) is 1.71. The maximum atomic E-state index is 10.7. The third-order valence-electron chi connectivity index (χ3n) is 2.93. The van der Waals surface area contributed by atoms with Crippen LogP contribution in [0.2, 0.25) is 0 Å². The molecule has 1 aromatic rings. The lowest BCUT2D eigenvalue weighted by molar-refractivity contribution is 0.0697. The van der Waals surface area contributed by atoms with Crippen LogP contribution in [0.3, 0.4) is 0 Å². The number of aromatic carboxylic acids is 1. The number of benzene rings is 1. The Bertz CT molecular complexity index is 392. The van der Waals surface area contributed by atoms with E-state index in [2.05, 4.69) is 12.2 Å². The molecule has 0 saturated heterocycles. The molecule has 0 fully saturated rings. The third kappa shape index (κ3) is 8.32. The Hall–Kier alpha value is -1.59. The van der Waals surface area contributed by atoms with Gasteiger partial charge < -0.3 is 19.9 Å². The molecular formula is C16H25NO4. The first-order valence-corrected chi connectivity index (χ1v) is 7.48. The molecule has 0 aliphatic carbocycles. The number of unbranched alkanes of at least 4 members (excludes halogenated alkanes) is 1. The Kier molecular flexibility index (Phi) is 9.24. The van der Waals surface area contributed by atoms with Crippen LogP contribution in [0.1, 0.15) is 36.5 Å². The fraction of sp³-hybridized carbons (Fsp3) is 0.562. The van der Waals surface area contributed by atoms with E-state index >= 15 is 0 Å². The van der Waals surface area contributed by atoms with Gasteiger partial charge in [0.15, 0.2) is 0 Å². The highest BCUT2D eigenvalue weighted by Crippen LogP contribution is 2.11. The van der Waals surface area contributed by atoms with Crippen molar-refractivity contribution in [2.45, 2.75) is 26.2 Å². The van der Waals surface area contributed by atoms with Gasteiger partial charge in [-0.15, -0.1) is 0 Å². The zero-order valence-electron chi connectivity index (χ0n) is 12.6. The number of carboxylic acids is 1. The number of carboxylic acid groups (broad SMARTS) is 1. The van der Waals surface area contributed by atoms with E-state index in [-0.39, 0.29) is 5.56 Å². The van der Waals surface area contributed by atoms with Crippen molar-refractivity contribution in [3.8, 4) is 5.75 Å². The van der Waals surface area contributed by atoms with Crippen LogP contribution < -0.4 is 10.1 Å². The van der Waals surface area contributed by atoms with Gasteiger partial charge in [0.25, 0.3) is 0 Å². The van der Waals surface area contributed by atoms with Gasteiger partial charge in [-0.05, 0) is 43.7 Å². The van der Waals surface area contributed by atoms with Gasteiger partial charge in [0.05, 0.1) is 5.56 Å². The number of ether oxygens (including phenoxy) is 2. The van der Waals surface area contributed by atoms with Crippen molar-refractivity contribution >= 4 is 5.97 Å². The Morgan fingerprint density at radius 2 is 1.81 bits per heavy atom. The van der Waals surface area contributed by atoms with Gasteiger partial charge >= 0.3 is 5.97 Å². The molecule has 1 aromatic carbocycles. The minimum absolute atomic E-state index is 0.267. The third-order valence-corrected chi connectivity index (χ3v) is 2.93. The van der Waals surface area contributed by atoms with Gasteiger partial charge in [0, 0.05) is 19.8 Å². The maximum absolute atomic E-state index is 10.7. The van der Waals surface area contributed by atoms with E-state index < -0.39 is 5.97 Å². The molecule has 0 unspecified atom stereocenters. The lowest BCUT2D eigenvalue weighted by Gasteiger charge is -2.08. The van der Waals surface area contributed by atoms with Crippen LogP contribution in [0.4, 0.5) is 0 Å². The lowest BCUT2D eigenvalue weighted by Crippen LogP contribution is -2.23. The molecule has 5 heteroatoms. The average Bonchev–Trinajstić information content (AvgIpc) is 2.49. The van der Waals surface area contributed by atoms with Crippen LogP contribution in [0.25, 0.3) is 0 Å². The Morgan fingerprint density at radius 3 is 2.48 bits per heavy atom. The summed E-state index contributed by atoms with van der Waals surface area (Å²) in [5.41, 5.74) is 0.267. The van der Waals surface area contributed by atoms with Crippen molar-refractivity contribution in [1.82, 2.24) is 5.32 Å². The molecule has 0 spiro atoms. The summed E-state index contributed by atoms with van der Waals surface area (Å²) in [5, 5.41) is 12.1. The van der Waals surface area contributed by atoms with Crippen LogP contribution in [0.5, 0.6) is 5.75 Å². The van der Waals surface area contributed by atoms with Crippen molar-refractivity contribution < 1.29 is 19.4 Å². The van der Waals surface area contributed by atoms with E-state index in [0.717, 1.165) is 39.1 Å². The van der Waals surface area contributed by atoms with Crippen LogP contribution in [0, 0.1) is 0 Å². The van der Waals surface area contributed by atoms with E-state index in [1.165, 1.54) is 6.42 Å². The van der Waals surface area contributed by atoms with Gasteiger partial charge in [-0.3, -0.25) is 0 Å². The smallest absolute Gasteiger partial charge is 0.335 e. The van der Waals surface area contributed by atoms with Crippen molar-refractivity contribution in [2.75, 3.05) is 32.9 Å². The molecule has 0 saturated carbocycles. The SMILES string of the molecule is CCCCOCCCNCCOc1ccc(C(=O)O)cc1. The summed E-state index contributed by atoms with van der Waals surface area (Å²) in [6, 6.07) is 6.42. The van der Waals surface area contributed by atoms with Gasteiger partial charge in [-0.2, -0.15) is 0 Å². The van der Waals surface area contributed by atoms with E-state index in [1.807, 2.05) is 0 Å². The molecule has 0 bridgehead atoms. The predicted molar refractivity (Wildman–Crippen MR) is 82.1 cm³/mol. The van der Waals surface area contributed by atoms with E-state index in [9.17, 15) is 4.79 Å². The van der Waals surface area contributed by atoms with Crippen LogP contribution in [-0.4, -0.2) is 44.0 Å². The molecule has 1 rings (SSSR count). The van der Waals surface area contributed by atoms with E-state index in [0.29, 0.717) is 12.4 Å².